The molecule has 0 fully saturated rings. The molecule has 0 saturated carbocycles. The smallest absolute Gasteiger partial charge is 0.145 e. The van der Waals surface area contributed by atoms with Crippen LogP contribution in [0.25, 0.3) is 66.4 Å². The van der Waals surface area contributed by atoms with Gasteiger partial charge in [0.1, 0.15) is 11.2 Å². The molecule has 1 heterocycles. The van der Waals surface area contributed by atoms with E-state index in [-0.39, 0.29) is 10.8 Å². The Hall–Kier alpha value is -6.64. The molecule has 2 aliphatic carbocycles. The molecule has 0 N–H and O–H groups in total. The average molecular weight is 720 g/mol. The quantitative estimate of drug-likeness (QED) is 0.176. The van der Waals surface area contributed by atoms with Gasteiger partial charge in [0.05, 0.1) is 11.1 Å². The van der Waals surface area contributed by atoms with Crippen LogP contribution in [0.1, 0.15) is 49.9 Å². The highest BCUT2D eigenvalue weighted by Crippen LogP contribution is 2.54. The second kappa shape index (κ2) is 11.9. The second-order valence-corrected chi connectivity index (χ2v) is 16.5. The topological polar surface area (TPSA) is 16.4 Å². The maximum atomic E-state index is 7.12. The first-order valence-electron chi connectivity index (χ1n) is 19.7. The fourth-order valence-corrected chi connectivity index (χ4v) is 9.78. The van der Waals surface area contributed by atoms with Crippen molar-refractivity contribution in [2.75, 3.05) is 4.90 Å². The number of hydrogen-bond acceptors (Lipinski definition) is 2. The fourth-order valence-electron chi connectivity index (χ4n) is 9.78. The van der Waals surface area contributed by atoms with E-state index >= 15 is 0 Å². The number of nitrogens with zero attached hydrogens (tertiary/aromatic N) is 1. The van der Waals surface area contributed by atoms with Crippen molar-refractivity contribution >= 4 is 39.0 Å². The van der Waals surface area contributed by atoms with Crippen molar-refractivity contribution in [1.82, 2.24) is 0 Å². The van der Waals surface area contributed by atoms with Crippen LogP contribution in [0.4, 0.5) is 17.1 Å². The zero-order chi connectivity index (χ0) is 37.8. The van der Waals surface area contributed by atoms with Gasteiger partial charge in [-0.05, 0) is 110 Å². The first-order chi connectivity index (χ1) is 27.3. The summed E-state index contributed by atoms with van der Waals surface area (Å²) in [5, 5.41) is 2.24. The molecule has 9 aromatic rings. The third-order valence-electron chi connectivity index (χ3n) is 12.7. The summed E-state index contributed by atoms with van der Waals surface area (Å²) in [5.74, 6) is 0. The first-order valence-corrected chi connectivity index (χ1v) is 19.7. The van der Waals surface area contributed by atoms with Crippen LogP contribution in [0, 0.1) is 0 Å². The Labute approximate surface area is 328 Å². The van der Waals surface area contributed by atoms with E-state index in [0.717, 1.165) is 50.1 Å². The lowest BCUT2D eigenvalue weighted by Gasteiger charge is -2.29. The molecule has 11 rings (SSSR count). The number of anilines is 3. The molecule has 2 aliphatic rings. The minimum Gasteiger partial charge on any atom is -0.455 e. The van der Waals surface area contributed by atoms with Crippen LogP contribution < -0.4 is 4.90 Å². The van der Waals surface area contributed by atoms with Gasteiger partial charge in [-0.3, -0.25) is 0 Å². The first kappa shape index (κ1) is 32.8. The number of benzene rings is 8. The molecule has 0 atom stereocenters. The van der Waals surface area contributed by atoms with Crippen molar-refractivity contribution in [3.8, 4) is 44.5 Å². The summed E-state index contributed by atoms with van der Waals surface area (Å²) >= 11 is 0. The summed E-state index contributed by atoms with van der Waals surface area (Å²) in [6.07, 6.45) is 0. The van der Waals surface area contributed by atoms with Gasteiger partial charge in [-0.25, -0.2) is 0 Å². The van der Waals surface area contributed by atoms with Gasteiger partial charge in [-0.1, -0.05) is 155 Å². The van der Waals surface area contributed by atoms with Crippen molar-refractivity contribution in [1.29, 1.82) is 0 Å². The Morgan fingerprint density at radius 2 is 0.911 bits per heavy atom. The summed E-state index contributed by atoms with van der Waals surface area (Å²) in [6, 6.07) is 64.4. The number of fused-ring (bicyclic) bond motifs is 9. The fraction of sp³-hybridized carbons (Fsp3) is 0.111. The highest BCUT2D eigenvalue weighted by molar-refractivity contribution is 6.18. The molecule has 1 aromatic heterocycles. The van der Waals surface area contributed by atoms with Gasteiger partial charge >= 0.3 is 0 Å². The molecule has 0 saturated heterocycles. The predicted octanol–water partition coefficient (Wildman–Crippen LogP) is 15.0. The van der Waals surface area contributed by atoms with E-state index in [4.69, 9.17) is 4.42 Å². The van der Waals surface area contributed by atoms with Gasteiger partial charge in [0.15, 0.2) is 0 Å². The Morgan fingerprint density at radius 3 is 1.59 bits per heavy atom. The minimum absolute atomic E-state index is 0.133. The van der Waals surface area contributed by atoms with E-state index in [1.165, 1.54) is 55.6 Å². The molecule has 2 heteroatoms. The Balaban J connectivity index is 1.20. The monoisotopic (exact) mass is 719 g/mol. The van der Waals surface area contributed by atoms with Gasteiger partial charge in [0, 0.05) is 33.2 Å². The van der Waals surface area contributed by atoms with Gasteiger partial charge in [-0.2, -0.15) is 0 Å². The molecule has 8 aromatic carbocycles. The van der Waals surface area contributed by atoms with E-state index in [0.29, 0.717) is 0 Å². The predicted molar refractivity (Wildman–Crippen MR) is 234 cm³/mol. The van der Waals surface area contributed by atoms with Crippen molar-refractivity contribution in [3.05, 3.63) is 198 Å². The van der Waals surface area contributed by atoms with E-state index in [2.05, 4.69) is 209 Å². The number of furan rings is 1. The molecular formula is C54H41NO. The van der Waals surface area contributed by atoms with E-state index in [1.54, 1.807) is 0 Å². The van der Waals surface area contributed by atoms with Crippen LogP contribution in [-0.4, -0.2) is 0 Å². The van der Waals surface area contributed by atoms with Crippen LogP contribution in [0.5, 0.6) is 0 Å². The van der Waals surface area contributed by atoms with Crippen LogP contribution >= 0.6 is 0 Å². The van der Waals surface area contributed by atoms with E-state index < -0.39 is 0 Å². The zero-order valence-corrected chi connectivity index (χ0v) is 32.1. The lowest BCUT2D eigenvalue weighted by atomic mass is 9.82. The maximum Gasteiger partial charge on any atom is 0.145 e. The molecule has 0 amide bonds. The third-order valence-corrected chi connectivity index (χ3v) is 12.7. The summed E-state index contributed by atoms with van der Waals surface area (Å²) in [4.78, 5) is 2.45. The number of hydrogen-bond donors (Lipinski definition) is 0. The Bertz CT molecular complexity index is 3000. The average Bonchev–Trinajstić information content (AvgIpc) is 3.81. The Kier molecular flexibility index (Phi) is 6.98. The van der Waals surface area contributed by atoms with Crippen molar-refractivity contribution < 1.29 is 4.42 Å². The lowest BCUT2D eigenvalue weighted by Crippen LogP contribution is -2.16. The number of rotatable bonds is 5. The van der Waals surface area contributed by atoms with Gasteiger partial charge in [0.25, 0.3) is 0 Å². The van der Waals surface area contributed by atoms with Crippen LogP contribution in [0.2, 0.25) is 0 Å². The standard InChI is InChI=1S/C54H41NO/c1-53(2)45-21-13-11-19-40(45)42-28-27-38(31-47(42)53)55(37-25-23-35(24-26-37)34-15-7-5-8-16-34)49-30-29-39(36-17-9-6-10-18-36)52-51(49)44-32-43-41-20-12-14-22-46(41)54(3,4)48(43)33-50(44)56-52/h5-33H,1-4H3. The molecule has 268 valence electrons. The largest absolute Gasteiger partial charge is 0.455 e. The maximum absolute atomic E-state index is 7.12. The molecular weight excluding hydrogens is 679 g/mol. The van der Waals surface area contributed by atoms with Crippen molar-refractivity contribution in [2.24, 2.45) is 0 Å². The van der Waals surface area contributed by atoms with Crippen molar-refractivity contribution in [2.45, 2.75) is 38.5 Å². The minimum atomic E-state index is -0.139. The zero-order valence-electron chi connectivity index (χ0n) is 32.1. The molecule has 0 radical (unpaired) electrons. The summed E-state index contributed by atoms with van der Waals surface area (Å²) in [6.45, 7) is 9.39. The van der Waals surface area contributed by atoms with E-state index in [1.807, 2.05) is 0 Å². The van der Waals surface area contributed by atoms with Gasteiger partial charge in [0.2, 0.25) is 0 Å². The highest BCUT2D eigenvalue weighted by Gasteiger charge is 2.38. The SMILES string of the molecule is CC1(C)c2ccccc2-c2ccc(N(c3ccc(-c4ccccc4)cc3)c3ccc(-c4ccccc4)c4oc5cc6c(cc5c34)-c3ccccc3C6(C)C)cc21. The molecule has 2 nitrogen and oxygen atoms in total. The highest BCUT2D eigenvalue weighted by atomic mass is 16.3. The molecule has 56 heavy (non-hydrogen) atoms. The van der Waals surface area contributed by atoms with Crippen LogP contribution in [0.3, 0.4) is 0 Å². The summed E-state index contributed by atoms with van der Waals surface area (Å²) in [5.41, 5.74) is 20.1. The second-order valence-electron chi connectivity index (χ2n) is 16.5. The normalized spacial score (nSPS) is 14.4. The van der Waals surface area contributed by atoms with E-state index in [9.17, 15) is 0 Å². The van der Waals surface area contributed by atoms with Crippen molar-refractivity contribution in [3.63, 3.8) is 0 Å². The van der Waals surface area contributed by atoms with Crippen LogP contribution in [-0.2, 0) is 10.8 Å². The van der Waals surface area contributed by atoms with Gasteiger partial charge < -0.3 is 9.32 Å². The Morgan fingerprint density at radius 1 is 0.393 bits per heavy atom. The summed E-state index contributed by atoms with van der Waals surface area (Å²) < 4.78 is 7.12. The summed E-state index contributed by atoms with van der Waals surface area (Å²) in [7, 11) is 0. The van der Waals surface area contributed by atoms with Crippen LogP contribution in [0.15, 0.2) is 180 Å². The lowest BCUT2D eigenvalue weighted by molar-refractivity contribution is 0.648. The molecule has 0 unspecified atom stereocenters. The molecule has 0 aliphatic heterocycles. The third kappa shape index (κ3) is 4.69. The van der Waals surface area contributed by atoms with Gasteiger partial charge in [-0.15, -0.1) is 0 Å². The molecule has 0 bridgehead atoms. The molecule has 0 spiro atoms.